The van der Waals surface area contributed by atoms with E-state index in [9.17, 15) is 13.2 Å². The number of carbonyl (C=O) groups excluding carboxylic acids is 1. The Kier molecular flexibility index (Phi) is 6.81. The Bertz CT molecular complexity index is 964. The van der Waals surface area contributed by atoms with Crippen LogP contribution in [0.15, 0.2) is 24.3 Å². The number of fused-ring (bicyclic) bond motifs is 1. The van der Waals surface area contributed by atoms with E-state index >= 15 is 0 Å². The van der Waals surface area contributed by atoms with Crippen molar-refractivity contribution < 1.29 is 22.7 Å². The Balaban J connectivity index is 1.85. The van der Waals surface area contributed by atoms with Gasteiger partial charge in [-0.3, -0.25) is 0 Å². The summed E-state index contributed by atoms with van der Waals surface area (Å²) in [7, 11) is 0.0851. The average molecular weight is 424 g/mol. The van der Waals surface area contributed by atoms with Gasteiger partial charge in [0.05, 0.1) is 18.9 Å². The third-order valence-electron chi connectivity index (χ3n) is 5.41. The number of methoxy groups -OCH3 is 1. The fraction of sp³-hybridized carbons (Fsp3) is 0.550. The van der Waals surface area contributed by atoms with E-state index in [0.29, 0.717) is 17.9 Å². The molecule has 2 heterocycles. The van der Waals surface area contributed by atoms with Crippen LogP contribution in [0.5, 0.6) is 5.88 Å². The minimum atomic E-state index is -3.29. The molecular formula is C20H29N3O5S. The van der Waals surface area contributed by atoms with Gasteiger partial charge in [-0.2, -0.15) is 0 Å². The molecule has 1 aliphatic rings. The highest BCUT2D eigenvalue weighted by Crippen LogP contribution is 2.33. The molecule has 9 heteroatoms. The van der Waals surface area contributed by atoms with Crippen molar-refractivity contribution in [3.8, 4) is 5.88 Å². The minimum absolute atomic E-state index is 0.183. The van der Waals surface area contributed by atoms with E-state index < -0.39 is 16.0 Å². The molecule has 1 fully saturated rings. The number of nitrogens with one attached hydrogen (secondary N) is 2. The van der Waals surface area contributed by atoms with Crippen LogP contribution in [0.4, 0.5) is 0 Å². The van der Waals surface area contributed by atoms with E-state index in [1.807, 2.05) is 35.9 Å². The maximum absolute atomic E-state index is 13.2. The van der Waals surface area contributed by atoms with Crippen molar-refractivity contribution in [3.05, 3.63) is 29.8 Å². The number of ether oxygens (including phenoxy) is 2. The molecule has 1 unspecified atom stereocenters. The molecule has 1 aliphatic heterocycles. The smallest absolute Gasteiger partial charge is 0.344 e. The van der Waals surface area contributed by atoms with Crippen LogP contribution < -0.4 is 14.8 Å². The second kappa shape index (κ2) is 9.15. The molecule has 1 saturated heterocycles. The second-order valence-electron chi connectivity index (χ2n) is 7.45. The van der Waals surface area contributed by atoms with Crippen molar-refractivity contribution in [3.63, 3.8) is 0 Å². The Morgan fingerprint density at radius 3 is 2.66 bits per heavy atom. The summed E-state index contributed by atoms with van der Waals surface area (Å²) in [6, 6.07) is 7.58. The Morgan fingerprint density at radius 2 is 2.00 bits per heavy atom. The summed E-state index contributed by atoms with van der Waals surface area (Å²) < 4.78 is 38.6. The van der Waals surface area contributed by atoms with Gasteiger partial charge in [0.25, 0.3) is 0 Å². The Morgan fingerprint density at radius 1 is 1.31 bits per heavy atom. The molecule has 0 radical (unpaired) electrons. The monoisotopic (exact) mass is 423 g/mol. The highest BCUT2D eigenvalue weighted by molar-refractivity contribution is 7.88. The molecule has 160 valence electrons. The van der Waals surface area contributed by atoms with Gasteiger partial charge in [-0.15, -0.1) is 0 Å². The first kappa shape index (κ1) is 21.6. The molecule has 1 aromatic heterocycles. The summed E-state index contributed by atoms with van der Waals surface area (Å²) >= 11 is 0. The number of benzene rings is 1. The topological polar surface area (TPSA) is 98.7 Å². The number of piperidine rings is 1. The van der Waals surface area contributed by atoms with Crippen molar-refractivity contribution in [2.75, 3.05) is 33.0 Å². The van der Waals surface area contributed by atoms with Gasteiger partial charge in [0, 0.05) is 19.0 Å². The van der Waals surface area contributed by atoms with Gasteiger partial charge < -0.3 is 19.4 Å². The van der Waals surface area contributed by atoms with Crippen molar-refractivity contribution in [2.45, 2.75) is 25.4 Å². The lowest BCUT2D eigenvalue weighted by molar-refractivity contribution is 0.00650. The van der Waals surface area contributed by atoms with Crippen LogP contribution in [0.1, 0.15) is 29.6 Å². The molecule has 2 aromatic rings. The number of para-hydroxylation sites is 1. The van der Waals surface area contributed by atoms with Crippen LogP contribution in [0, 0.1) is 5.92 Å². The average Bonchev–Trinajstić information content (AvgIpc) is 2.99. The fourth-order valence-corrected chi connectivity index (χ4v) is 4.48. The van der Waals surface area contributed by atoms with Gasteiger partial charge in [0.2, 0.25) is 15.9 Å². The standard InChI is InChI=1S/C20H29N3O5S/c1-23-16-7-5-4-6-15(16)18(19(23)27-2)20(24)28-17(10-13-22-29(3,25)26)14-8-11-21-12-9-14/h4-7,14,17,21-22H,8-13H2,1-3H3. The zero-order valence-electron chi connectivity index (χ0n) is 17.1. The number of carbonyl (C=O) groups is 1. The molecule has 0 saturated carbocycles. The molecule has 29 heavy (non-hydrogen) atoms. The first-order chi connectivity index (χ1) is 13.8. The second-order valence-corrected chi connectivity index (χ2v) is 9.28. The molecule has 0 aliphatic carbocycles. The quantitative estimate of drug-likeness (QED) is 0.627. The number of hydrogen-bond donors (Lipinski definition) is 2. The van der Waals surface area contributed by atoms with Gasteiger partial charge >= 0.3 is 5.97 Å². The summed E-state index contributed by atoms with van der Waals surface area (Å²) in [4.78, 5) is 13.2. The van der Waals surface area contributed by atoms with Crippen molar-refractivity contribution in [1.29, 1.82) is 0 Å². The van der Waals surface area contributed by atoms with Gasteiger partial charge in [-0.25, -0.2) is 17.9 Å². The summed E-state index contributed by atoms with van der Waals surface area (Å²) in [6.07, 6.45) is 2.94. The maximum atomic E-state index is 13.2. The number of sulfonamides is 1. The van der Waals surface area contributed by atoms with Crippen molar-refractivity contribution >= 4 is 26.9 Å². The highest BCUT2D eigenvalue weighted by Gasteiger charge is 2.30. The minimum Gasteiger partial charge on any atom is -0.482 e. The van der Waals surface area contributed by atoms with Crippen molar-refractivity contribution in [1.82, 2.24) is 14.6 Å². The van der Waals surface area contributed by atoms with Gasteiger partial charge in [0.15, 0.2) is 0 Å². The van der Waals surface area contributed by atoms with Crippen LogP contribution in [-0.4, -0.2) is 58.1 Å². The van der Waals surface area contributed by atoms with E-state index in [-0.39, 0.29) is 18.6 Å². The first-order valence-electron chi connectivity index (χ1n) is 9.79. The molecule has 0 amide bonds. The number of esters is 1. The number of nitrogens with zero attached hydrogens (tertiary/aromatic N) is 1. The van der Waals surface area contributed by atoms with Crippen LogP contribution in [0.2, 0.25) is 0 Å². The predicted octanol–water partition coefficient (Wildman–Crippen LogP) is 1.65. The van der Waals surface area contributed by atoms with Gasteiger partial charge in [-0.05, 0) is 44.3 Å². The predicted molar refractivity (Wildman–Crippen MR) is 112 cm³/mol. The number of aromatic nitrogens is 1. The maximum Gasteiger partial charge on any atom is 0.344 e. The third-order valence-corrected chi connectivity index (χ3v) is 6.14. The molecular weight excluding hydrogens is 394 g/mol. The zero-order chi connectivity index (χ0) is 21.0. The van der Waals surface area contributed by atoms with Crippen LogP contribution >= 0.6 is 0 Å². The fourth-order valence-electron chi connectivity index (χ4n) is 4.00. The lowest BCUT2D eigenvalue weighted by atomic mass is 9.90. The van der Waals surface area contributed by atoms with E-state index in [2.05, 4.69) is 10.0 Å². The Labute approximate surface area is 171 Å². The largest absolute Gasteiger partial charge is 0.482 e. The van der Waals surface area contributed by atoms with Crippen LogP contribution in [0.25, 0.3) is 10.9 Å². The lowest BCUT2D eigenvalue weighted by Gasteiger charge is -2.30. The van der Waals surface area contributed by atoms with Gasteiger partial charge in [0.1, 0.15) is 11.7 Å². The molecule has 1 atom stereocenters. The third kappa shape index (κ3) is 5.09. The number of aryl methyl sites for hydroxylation is 1. The summed E-state index contributed by atoms with van der Waals surface area (Å²) in [5.41, 5.74) is 1.29. The lowest BCUT2D eigenvalue weighted by Crippen LogP contribution is -2.38. The number of hydrogen-bond acceptors (Lipinski definition) is 6. The van der Waals surface area contributed by atoms with Gasteiger partial charge in [-0.1, -0.05) is 18.2 Å². The molecule has 0 bridgehead atoms. The normalized spacial score (nSPS) is 16.7. The van der Waals surface area contributed by atoms with Crippen LogP contribution in [0.3, 0.4) is 0 Å². The van der Waals surface area contributed by atoms with E-state index in [0.717, 1.165) is 43.1 Å². The molecule has 8 nitrogen and oxygen atoms in total. The molecule has 2 N–H and O–H groups in total. The van der Waals surface area contributed by atoms with E-state index in [1.54, 1.807) is 0 Å². The molecule has 3 rings (SSSR count). The Hall–Kier alpha value is -2.10. The highest BCUT2D eigenvalue weighted by atomic mass is 32.2. The summed E-state index contributed by atoms with van der Waals surface area (Å²) in [5, 5.41) is 4.08. The molecule has 0 spiro atoms. The van der Waals surface area contributed by atoms with E-state index in [1.165, 1.54) is 7.11 Å². The van der Waals surface area contributed by atoms with Crippen molar-refractivity contribution in [2.24, 2.45) is 13.0 Å². The SMILES string of the molecule is COc1c(C(=O)OC(CCNS(C)(=O)=O)C2CCNCC2)c2ccccc2n1C. The van der Waals surface area contributed by atoms with Crippen LogP contribution in [-0.2, 0) is 21.8 Å². The summed E-state index contributed by atoms with van der Waals surface area (Å²) in [6.45, 7) is 1.94. The summed E-state index contributed by atoms with van der Waals surface area (Å²) in [5.74, 6) is 0.193. The molecule has 1 aromatic carbocycles. The number of rotatable bonds is 8. The zero-order valence-corrected chi connectivity index (χ0v) is 17.9. The van der Waals surface area contributed by atoms with E-state index in [4.69, 9.17) is 9.47 Å². The first-order valence-corrected chi connectivity index (χ1v) is 11.7.